The Labute approximate surface area is 204 Å². The van der Waals surface area contributed by atoms with E-state index in [2.05, 4.69) is 27.1 Å². The van der Waals surface area contributed by atoms with Crippen LogP contribution in [0.15, 0.2) is 67.1 Å². The van der Waals surface area contributed by atoms with Gasteiger partial charge in [-0.05, 0) is 36.2 Å². The first-order valence-electron chi connectivity index (χ1n) is 11.4. The molecule has 8 heteroatoms. The molecule has 0 bridgehead atoms. The number of methoxy groups -OCH3 is 1. The van der Waals surface area contributed by atoms with Crippen LogP contribution in [0.5, 0.6) is 11.5 Å². The molecule has 0 saturated carbocycles. The van der Waals surface area contributed by atoms with Gasteiger partial charge in [0.05, 0.1) is 30.4 Å². The number of ether oxygens (including phenoxy) is 2. The van der Waals surface area contributed by atoms with E-state index in [0.29, 0.717) is 46.8 Å². The number of hydrogen-bond donors (Lipinski definition) is 2. The van der Waals surface area contributed by atoms with Crippen LogP contribution < -0.4 is 25.4 Å². The van der Waals surface area contributed by atoms with E-state index in [4.69, 9.17) is 15.2 Å². The summed E-state index contributed by atoms with van der Waals surface area (Å²) in [7, 11) is 3.58. The SMILES string of the molecule is CCc1ccccc1Nc1c(C(N)=O)cnc2cc(OCCN(C)c3ccncc3)c(OC)cc12. The standard InChI is InChI=1S/C27H29N5O3/c1-4-18-7-5-6-8-22(18)31-26-20-15-24(34-3)25(16-23(20)30-17-21(26)27(28)33)35-14-13-32(2)19-9-11-29-12-10-19/h5-12,15-17H,4,13-14H2,1-3H3,(H2,28,33)(H,30,31). The number of rotatable bonds is 10. The van der Waals surface area contributed by atoms with Crippen molar-refractivity contribution in [2.75, 3.05) is 37.5 Å². The summed E-state index contributed by atoms with van der Waals surface area (Å²) in [4.78, 5) is 22.8. The molecule has 0 atom stereocenters. The average molecular weight is 472 g/mol. The van der Waals surface area contributed by atoms with Gasteiger partial charge in [-0.15, -0.1) is 0 Å². The number of aryl methyl sites for hydroxylation is 1. The number of aromatic nitrogens is 2. The summed E-state index contributed by atoms with van der Waals surface area (Å²) in [5.74, 6) is 0.552. The number of benzene rings is 2. The number of amides is 1. The predicted molar refractivity (Wildman–Crippen MR) is 139 cm³/mol. The van der Waals surface area contributed by atoms with Crippen LogP contribution in [-0.2, 0) is 6.42 Å². The first-order chi connectivity index (χ1) is 17.0. The lowest BCUT2D eigenvalue weighted by molar-refractivity contribution is 0.100. The smallest absolute Gasteiger partial charge is 0.252 e. The number of nitrogens with zero attached hydrogens (tertiary/aromatic N) is 3. The molecule has 0 saturated heterocycles. The summed E-state index contributed by atoms with van der Waals surface area (Å²) in [5.41, 5.74) is 10.3. The third-order valence-electron chi connectivity index (χ3n) is 5.86. The second-order valence-corrected chi connectivity index (χ2v) is 8.04. The number of nitrogens with one attached hydrogen (secondary N) is 1. The van der Waals surface area contributed by atoms with Gasteiger partial charge in [-0.25, -0.2) is 0 Å². The maximum absolute atomic E-state index is 12.2. The van der Waals surface area contributed by atoms with Crippen molar-refractivity contribution in [3.05, 3.63) is 78.2 Å². The highest BCUT2D eigenvalue weighted by molar-refractivity contribution is 6.08. The number of nitrogens with two attached hydrogens (primary N) is 1. The molecule has 0 aliphatic carbocycles. The fraction of sp³-hybridized carbons (Fsp3) is 0.222. The van der Waals surface area contributed by atoms with E-state index in [9.17, 15) is 4.79 Å². The molecule has 180 valence electrons. The van der Waals surface area contributed by atoms with Crippen LogP contribution in [0.4, 0.5) is 17.1 Å². The van der Waals surface area contributed by atoms with E-state index in [1.807, 2.05) is 55.6 Å². The molecule has 4 aromatic rings. The normalized spacial score (nSPS) is 10.7. The lowest BCUT2D eigenvalue weighted by atomic mass is 10.1. The van der Waals surface area contributed by atoms with Gasteiger partial charge < -0.3 is 25.4 Å². The highest BCUT2D eigenvalue weighted by Gasteiger charge is 2.18. The molecule has 2 aromatic heterocycles. The second kappa shape index (κ2) is 10.7. The van der Waals surface area contributed by atoms with E-state index < -0.39 is 5.91 Å². The first kappa shape index (κ1) is 23.8. The largest absolute Gasteiger partial charge is 0.493 e. The van der Waals surface area contributed by atoms with Gasteiger partial charge >= 0.3 is 0 Å². The Hall–Kier alpha value is -4.33. The number of carbonyl (C=O) groups is 1. The van der Waals surface area contributed by atoms with Crippen molar-refractivity contribution < 1.29 is 14.3 Å². The van der Waals surface area contributed by atoms with Crippen LogP contribution >= 0.6 is 0 Å². The van der Waals surface area contributed by atoms with Crippen molar-refractivity contribution in [3.8, 4) is 11.5 Å². The third-order valence-corrected chi connectivity index (χ3v) is 5.86. The Kier molecular flexibility index (Phi) is 7.30. The number of fused-ring (bicyclic) bond motifs is 1. The van der Waals surface area contributed by atoms with Crippen molar-refractivity contribution in [2.24, 2.45) is 5.73 Å². The molecule has 0 aliphatic heterocycles. The summed E-state index contributed by atoms with van der Waals surface area (Å²) < 4.78 is 11.7. The molecule has 3 N–H and O–H groups in total. The second-order valence-electron chi connectivity index (χ2n) is 8.04. The highest BCUT2D eigenvalue weighted by Crippen LogP contribution is 2.37. The predicted octanol–water partition coefficient (Wildman–Crippen LogP) is 4.56. The van der Waals surface area contributed by atoms with Crippen LogP contribution in [0.2, 0.25) is 0 Å². The molecule has 35 heavy (non-hydrogen) atoms. The monoisotopic (exact) mass is 471 g/mol. The summed E-state index contributed by atoms with van der Waals surface area (Å²) >= 11 is 0. The van der Waals surface area contributed by atoms with Gasteiger partial charge in [0.15, 0.2) is 11.5 Å². The minimum absolute atomic E-state index is 0.304. The van der Waals surface area contributed by atoms with Gasteiger partial charge in [0, 0.05) is 48.5 Å². The molecular formula is C27H29N5O3. The van der Waals surface area contributed by atoms with E-state index in [1.54, 1.807) is 19.5 Å². The summed E-state index contributed by atoms with van der Waals surface area (Å²) in [5, 5.41) is 4.13. The number of pyridine rings is 2. The van der Waals surface area contributed by atoms with Crippen LogP contribution in [0.1, 0.15) is 22.8 Å². The minimum atomic E-state index is -0.561. The molecule has 0 unspecified atom stereocenters. The zero-order valence-electron chi connectivity index (χ0n) is 20.1. The number of likely N-dealkylation sites (N-methyl/N-ethyl adjacent to an activating group) is 1. The molecule has 8 nitrogen and oxygen atoms in total. The summed E-state index contributed by atoms with van der Waals surface area (Å²) in [6.45, 7) is 3.19. The van der Waals surface area contributed by atoms with Crippen LogP contribution in [0.3, 0.4) is 0 Å². The van der Waals surface area contributed by atoms with Crippen LogP contribution in [0.25, 0.3) is 10.9 Å². The van der Waals surface area contributed by atoms with Crippen LogP contribution in [0, 0.1) is 0 Å². The summed E-state index contributed by atoms with van der Waals surface area (Å²) in [6, 6.07) is 15.5. The Morgan fingerprint density at radius 3 is 2.60 bits per heavy atom. The van der Waals surface area contributed by atoms with E-state index in [1.165, 1.54) is 6.20 Å². The maximum Gasteiger partial charge on any atom is 0.252 e. The van der Waals surface area contributed by atoms with Gasteiger partial charge in [0.1, 0.15) is 6.61 Å². The number of carbonyl (C=O) groups excluding carboxylic acids is 1. The van der Waals surface area contributed by atoms with Gasteiger partial charge in [-0.3, -0.25) is 14.8 Å². The van der Waals surface area contributed by atoms with Crippen molar-refractivity contribution in [3.63, 3.8) is 0 Å². The lowest BCUT2D eigenvalue weighted by Crippen LogP contribution is -2.23. The van der Waals surface area contributed by atoms with Gasteiger partial charge in [0.2, 0.25) is 0 Å². The minimum Gasteiger partial charge on any atom is -0.493 e. The molecule has 0 spiro atoms. The first-order valence-corrected chi connectivity index (χ1v) is 11.4. The molecular weight excluding hydrogens is 442 g/mol. The quantitative estimate of drug-likeness (QED) is 0.350. The van der Waals surface area contributed by atoms with E-state index in [-0.39, 0.29) is 0 Å². The Morgan fingerprint density at radius 2 is 1.89 bits per heavy atom. The molecule has 1 amide bonds. The molecule has 2 aromatic carbocycles. The van der Waals surface area contributed by atoms with Gasteiger partial charge in [0.25, 0.3) is 5.91 Å². The summed E-state index contributed by atoms with van der Waals surface area (Å²) in [6.07, 6.45) is 5.85. The Bertz CT molecular complexity index is 1330. The topological polar surface area (TPSA) is 103 Å². The molecule has 0 fully saturated rings. The van der Waals surface area contributed by atoms with E-state index >= 15 is 0 Å². The molecule has 2 heterocycles. The van der Waals surface area contributed by atoms with Crippen molar-refractivity contribution in [2.45, 2.75) is 13.3 Å². The molecule has 0 aliphatic rings. The zero-order valence-corrected chi connectivity index (χ0v) is 20.1. The maximum atomic E-state index is 12.2. The Balaban J connectivity index is 1.66. The highest BCUT2D eigenvalue weighted by atomic mass is 16.5. The van der Waals surface area contributed by atoms with Gasteiger partial charge in [-0.1, -0.05) is 25.1 Å². The van der Waals surface area contributed by atoms with E-state index in [0.717, 1.165) is 23.4 Å². The van der Waals surface area contributed by atoms with Crippen molar-refractivity contribution in [1.82, 2.24) is 9.97 Å². The number of hydrogen-bond acceptors (Lipinski definition) is 7. The van der Waals surface area contributed by atoms with Gasteiger partial charge in [-0.2, -0.15) is 0 Å². The van der Waals surface area contributed by atoms with Crippen molar-refractivity contribution >= 4 is 33.9 Å². The number of anilines is 3. The fourth-order valence-electron chi connectivity index (χ4n) is 3.90. The Morgan fingerprint density at radius 1 is 1.11 bits per heavy atom. The third kappa shape index (κ3) is 5.27. The lowest BCUT2D eigenvalue weighted by Gasteiger charge is -2.20. The molecule has 4 rings (SSSR count). The number of para-hydroxylation sites is 1. The fourth-order valence-corrected chi connectivity index (χ4v) is 3.90. The number of primary amides is 1. The van der Waals surface area contributed by atoms with Crippen LogP contribution in [-0.4, -0.2) is 43.2 Å². The average Bonchev–Trinajstić information content (AvgIpc) is 2.89. The zero-order chi connectivity index (χ0) is 24.8. The van der Waals surface area contributed by atoms with Crippen molar-refractivity contribution in [1.29, 1.82) is 0 Å². The molecule has 0 radical (unpaired) electrons.